The van der Waals surface area contributed by atoms with E-state index in [0.29, 0.717) is 5.82 Å². The van der Waals surface area contributed by atoms with Crippen LogP contribution < -0.4 is 5.73 Å². The van der Waals surface area contributed by atoms with Gasteiger partial charge < -0.3 is 15.6 Å². The molecule has 2 aromatic heterocycles. The number of H-pyrrole nitrogens is 1. The minimum atomic E-state index is -0.301. The number of hydrogen-bond acceptors (Lipinski definition) is 3. The van der Waals surface area contributed by atoms with Gasteiger partial charge in [0, 0.05) is 36.4 Å². The minimum Gasteiger partial charge on any atom is -0.384 e. The van der Waals surface area contributed by atoms with Crippen LogP contribution in [0.4, 0.5) is 10.2 Å². The van der Waals surface area contributed by atoms with Gasteiger partial charge in [0.15, 0.2) is 0 Å². The molecule has 25 heavy (non-hydrogen) atoms. The van der Waals surface area contributed by atoms with Gasteiger partial charge >= 0.3 is 0 Å². The normalized spacial score (nSPS) is 12.6. The van der Waals surface area contributed by atoms with E-state index in [1.165, 1.54) is 18.2 Å². The highest BCUT2D eigenvalue weighted by molar-refractivity contribution is 5.92. The lowest BCUT2D eigenvalue weighted by Gasteiger charge is -2.23. The first-order chi connectivity index (χ1) is 12.0. The van der Waals surface area contributed by atoms with Crippen LogP contribution in [-0.4, -0.2) is 27.8 Å². The Morgan fingerprint density at radius 1 is 1.36 bits per heavy atom. The average molecular weight is 338 g/mol. The zero-order valence-electron chi connectivity index (χ0n) is 14.0. The number of aromatic amines is 1. The number of anilines is 1. The summed E-state index contributed by atoms with van der Waals surface area (Å²) >= 11 is 0. The molecule has 3 aromatic rings. The number of nitrogens with one attached hydrogen (secondary N) is 1. The van der Waals surface area contributed by atoms with Gasteiger partial charge in [-0.3, -0.25) is 4.79 Å². The van der Waals surface area contributed by atoms with Crippen LogP contribution in [0.15, 0.2) is 48.8 Å². The molecule has 2 heterocycles. The van der Waals surface area contributed by atoms with Crippen molar-refractivity contribution in [2.75, 3.05) is 12.8 Å². The highest BCUT2D eigenvalue weighted by Crippen LogP contribution is 2.28. The molecule has 1 unspecified atom stereocenters. The molecule has 0 bridgehead atoms. The molecule has 3 rings (SSSR count). The zero-order valence-corrected chi connectivity index (χ0v) is 14.0. The summed E-state index contributed by atoms with van der Waals surface area (Å²) in [5, 5.41) is 0.777. The Balaban J connectivity index is 1.78. The van der Waals surface area contributed by atoms with E-state index in [-0.39, 0.29) is 17.8 Å². The Morgan fingerprint density at radius 3 is 2.88 bits per heavy atom. The quantitative estimate of drug-likeness (QED) is 0.715. The SMILES string of the molecule is CC(c1c[nH]c2ccc(F)cc12)N(C)C(=O)/C=C/c1ccc(N)nc1. The molecule has 1 amide bonds. The summed E-state index contributed by atoms with van der Waals surface area (Å²) in [6, 6.07) is 7.83. The molecule has 5 nitrogen and oxygen atoms in total. The van der Waals surface area contributed by atoms with E-state index in [0.717, 1.165) is 22.0 Å². The monoisotopic (exact) mass is 338 g/mol. The van der Waals surface area contributed by atoms with E-state index in [9.17, 15) is 9.18 Å². The molecule has 0 aliphatic rings. The van der Waals surface area contributed by atoms with Crippen molar-refractivity contribution in [3.63, 3.8) is 0 Å². The van der Waals surface area contributed by atoms with Crippen LogP contribution in [0.5, 0.6) is 0 Å². The fourth-order valence-corrected chi connectivity index (χ4v) is 2.66. The number of carbonyl (C=O) groups excluding carboxylic acids is 1. The molecule has 0 saturated carbocycles. The van der Waals surface area contributed by atoms with Crippen LogP contribution in [0.25, 0.3) is 17.0 Å². The number of rotatable bonds is 4. The highest BCUT2D eigenvalue weighted by Gasteiger charge is 2.19. The number of halogens is 1. The number of carbonyl (C=O) groups is 1. The molecular weight excluding hydrogens is 319 g/mol. The van der Waals surface area contributed by atoms with Gasteiger partial charge in [-0.1, -0.05) is 0 Å². The van der Waals surface area contributed by atoms with E-state index in [1.807, 2.05) is 13.1 Å². The number of aromatic nitrogens is 2. The summed E-state index contributed by atoms with van der Waals surface area (Å²) < 4.78 is 13.5. The van der Waals surface area contributed by atoms with Crippen molar-refractivity contribution in [3.8, 4) is 0 Å². The van der Waals surface area contributed by atoms with Gasteiger partial charge in [0.25, 0.3) is 0 Å². The molecule has 1 aromatic carbocycles. The Labute approximate surface area is 145 Å². The first-order valence-electron chi connectivity index (χ1n) is 7.88. The number of nitrogens with zero attached hydrogens (tertiary/aromatic N) is 2. The summed E-state index contributed by atoms with van der Waals surface area (Å²) in [6.07, 6.45) is 6.59. The van der Waals surface area contributed by atoms with Crippen LogP contribution in [0.3, 0.4) is 0 Å². The lowest BCUT2D eigenvalue weighted by Crippen LogP contribution is -2.27. The topological polar surface area (TPSA) is 75.0 Å². The van der Waals surface area contributed by atoms with E-state index in [4.69, 9.17) is 5.73 Å². The van der Waals surface area contributed by atoms with Crippen LogP contribution in [0.2, 0.25) is 0 Å². The number of benzene rings is 1. The van der Waals surface area contributed by atoms with Crippen molar-refractivity contribution >= 4 is 28.7 Å². The Kier molecular flexibility index (Phi) is 4.52. The van der Waals surface area contributed by atoms with Crippen molar-refractivity contribution < 1.29 is 9.18 Å². The van der Waals surface area contributed by atoms with Crippen LogP contribution in [0.1, 0.15) is 24.1 Å². The number of pyridine rings is 1. The molecule has 0 fully saturated rings. The number of fused-ring (bicyclic) bond motifs is 1. The molecule has 128 valence electrons. The van der Waals surface area contributed by atoms with Crippen molar-refractivity contribution in [1.82, 2.24) is 14.9 Å². The van der Waals surface area contributed by atoms with Gasteiger partial charge in [0.05, 0.1) is 6.04 Å². The summed E-state index contributed by atoms with van der Waals surface area (Å²) in [5.74, 6) is -0.0267. The third-order valence-electron chi connectivity index (χ3n) is 4.28. The van der Waals surface area contributed by atoms with Crippen molar-refractivity contribution in [2.45, 2.75) is 13.0 Å². The standard InChI is InChI=1S/C19H19FN4O/c1-12(16-11-22-17-6-5-14(20)9-15(16)17)24(2)19(25)8-4-13-3-7-18(21)23-10-13/h3-12,22H,1-2H3,(H2,21,23)/b8-4+. The van der Waals surface area contributed by atoms with Crippen LogP contribution >= 0.6 is 0 Å². The second-order valence-corrected chi connectivity index (χ2v) is 5.91. The van der Waals surface area contributed by atoms with Crippen LogP contribution in [-0.2, 0) is 4.79 Å². The molecule has 6 heteroatoms. The molecule has 1 atom stereocenters. The Hall–Kier alpha value is -3.15. The van der Waals surface area contributed by atoms with E-state index < -0.39 is 0 Å². The van der Waals surface area contributed by atoms with E-state index in [2.05, 4.69) is 9.97 Å². The van der Waals surface area contributed by atoms with E-state index in [1.54, 1.807) is 42.4 Å². The number of amides is 1. The van der Waals surface area contributed by atoms with Crippen LogP contribution in [0, 0.1) is 5.82 Å². The Morgan fingerprint density at radius 2 is 2.16 bits per heavy atom. The Bertz CT molecular complexity index is 930. The smallest absolute Gasteiger partial charge is 0.246 e. The number of hydrogen-bond donors (Lipinski definition) is 2. The van der Waals surface area contributed by atoms with Gasteiger partial charge in [-0.15, -0.1) is 0 Å². The van der Waals surface area contributed by atoms with Crippen molar-refractivity contribution in [3.05, 3.63) is 65.7 Å². The molecule has 0 spiro atoms. The first-order valence-corrected chi connectivity index (χ1v) is 7.88. The molecule has 0 aliphatic carbocycles. The van der Waals surface area contributed by atoms with Crippen molar-refractivity contribution in [2.24, 2.45) is 0 Å². The molecule has 0 saturated heterocycles. The molecule has 0 aliphatic heterocycles. The maximum absolute atomic E-state index is 13.5. The van der Waals surface area contributed by atoms with Gasteiger partial charge in [-0.05, 0) is 54.5 Å². The van der Waals surface area contributed by atoms with Gasteiger partial charge in [-0.25, -0.2) is 9.37 Å². The number of nitrogen functional groups attached to an aromatic ring is 1. The summed E-state index contributed by atoms with van der Waals surface area (Å²) in [5.41, 5.74) is 8.04. The second kappa shape index (κ2) is 6.76. The lowest BCUT2D eigenvalue weighted by molar-refractivity contribution is -0.126. The molecular formula is C19H19FN4O. The summed E-state index contributed by atoms with van der Waals surface area (Å²) in [6.45, 7) is 1.91. The summed E-state index contributed by atoms with van der Waals surface area (Å²) in [7, 11) is 1.72. The predicted octanol–water partition coefficient (Wildman–Crippen LogP) is 3.52. The van der Waals surface area contributed by atoms with Gasteiger partial charge in [0.1, 0.15) is 11.6 Å². The maximum atomic E-state index is 13.5. The van der Waals surface area contributed by atoms with Gasteiger partial charge in [-0.2, -0.15) is 0 Å². The fourth-order valence-electron chi connectivity index (χ4n) is 2.66. The zero-order chi connectivity index (χ0) is 18.0. The maximum Gasteiger partial charge on any atom is 0.246 e. The van der Waals surface area contributed by atoms with Gasteiger partial charge in [0.2, 0.25) is 5.91 Å². The largest absolute Gasteiger partial charge is 0.384 e. The first kappa shape index (κ1) is 16.7. The van der Waals surface area contributed by atoms with E-state index >= 15 is 0 Å². The third-order valence-corrected chi connectivity index (χ3v) is 4.28. The number of likely N-dealkylation sites (N-methyl/N-ethyl adjacent to an activating group) is 1. The molecule has 0 radical (unpaired) electrons. The minimum absolute atomic E-state index is 0.157. The fraction of sp³-hybridized carbons (Fsp3) is 0.158. The summed E-state index contributed by atoms with van der Waals surface area (Å²) in [4.78, 5) is 21.1. The second-order valence-electron chi connectivity index (χ2n) is 5.91. The molecule has 3 N–H and O–H groups in total. The third kappa shape index (κ3) is 3.52. The average Bonchev–Trinajstić information content (AvgIpc) is 3.02. The predicted molar refractivity (Wildman–Crippen MR) is 97.1 cm³/mol. The van der Waals surface area contributed by atoms with Crippen molar-refractivity contribution in [1.29, 1.82) is 0 Å². The lowest BCUT2D eigenvalue weighted by atomic mass is 10.1. The highest BCUT2D eigenvalue weighted by atomic mass is 19.1. The number of nitrogens with two attached hydrogens (primary N) is 1.